The van der Waals surface area contributed by atoms with Crippen LogP contribution in [0.15, 0.2) is 12.2 Å². The largest absolute Gasteiger partial charge is 0.454 e. The molecule has 1 rings (SSSR count). The molecule has 0 aromatic rings. The highest BCUT2D eigenvalue weighted by Crippen LogP contribution is 2.27. The van der Waals surface area contributed by atoms with E-state index in [1.807, 2.05) is 6.08 Å². The van der Waals surface area contributed by atoms with E-state index in [0.717, 1.165) is 57.8 Å². The van der Waals surface area contributed by atoms with Crippen molar-refractivity contribution in [2.75, 3.05) is 13.2 Å². The minimum atomic E-state index is -1.61. The molecule has 1 aliphatic heterocycles. The van der Waals surface area contributed by atoms with Gasteiger partial charge in [0, 0.05) is 6.42 Å². The average Bonchev–Trinajstić information content (AvgIpc) is 2.46. The van der Waals surface area contributed by atoms with Gasteiger partial charge >= 0.3 is 5.97 Å². The van der Waals surface area contributed by atoms with Crippen molar-refractivity contribution in [3.63, 3.8) is 0 Å². The van der Waals surface area contributed by atoms with Crippen molar-refractivity contribution >= 4 is 11.9 Å². The second-order valence-corrected chi connectivity index (χ2v) is 27.8. The van der Waals surface area contributed by atoms with Crippen LogP contribution in [-0.2, 0) is 23.8 Å². The standard InChI is InChI=1S/C78H151NO10/c1-4-7-10-13-16-19-22-24-26-28-30-32-34-35-36-37-38-40-42-44-46-48-51-54-57-60-63-66-73(83)89-76-75(85)74(84)72(67-80)88-78(76)87-68-69(70(81)64-61-58-55-52-49-21-18-15-12-9-6-3)79-77(86)71(82)65-62-59-56-53-50-47-45-43-41-39-33-31-29-27-25-23-20-17-14-11-8-5-2/h61,64,69-72,74-76,78,80-82,84-85H,4-60,62-63,65-68H2,1-3H3,(H,79,86)/b64-61+. The molecule has 528 valence electrons. The fourth-order valence-corrected chi connectivity index (χ4v) is 13.0. The summed E-state index contributed by atoms with van der Waals surface area (Å²) in [5.41, 5.74) is 0. The molecule has 8 atom stereocenters. The second kappa shape index (κ2) is 66.4. The molecule has 0 spiro atoms. The molecule has 0 bridgehead atoms. The van der Waals surface area contributed by atoms with Gasteiger partial charge in [-0.2, -0.15) is 0 Å². The molecule has 1 saturated heterocycles. The van der Waals surface area contributed by atoms with Gasteiger partial charge in [0.1, 0.15) is 24.4 Å². The first kappa shape index (κ1) is 85.4. The van der Waals surface area contributed by atoms with Crippen LogP contribution >= 0.6 is 0 Å². The molecule has 89 heavy (non-hydrogen) atoms. The summed E-state index contributed by atoms with van der Waals surface area (Å²) in [6, 6.07) is -1.02. The van der Waals surface area contributed by atoms with Gasteiger partial charge in [0.25, 0.3) is 0 Å². The fourth-order valence-electron chi connectivity index (χ4n) is 13.0. The summed E-state index contributed by atoms with van der Waals surface area (Å²) in [5.74, 6) is -1.17. The van der Waals surface area contributed by atoms with Crippen molar-refractivity contribution in [3.05, 3.63) is 12.2 Å². The minimum Gasteiger partial charge on any atom is -0.454 e. The highest BCUT2D eigenvalue weighted by molar-refractivity contribution is 5.80. The maximum absolute atomic E-state index is 13.5. The number of carbonyl (C=O) groups excluding carboxylic acids is 2. The molecule has 11 nitrogen and oxygen atoms in total. The number of ether oxygens (including phenoxy) is 3. The monoisotopic (exact) mass is 1260 g/mol. The van der Waals surface area contributed by atoms with Gasteiger partial charge in [0.05, 0.1) is 25.4 Å². The van der Waals surface area contributed by atoms with Crippen LogP contribution in [0.5, 0.6) is 0 Å². The molecule has 11 heteroatoms. The van der Waals surface area contributed by atoms with E-state index in [0.29, 0.717) is 19.3 Å². The molecule has 0 radical (unpaired) electrons. The Kier molecular flexibility index (Phi) is 63.7. The maximum Gasteiger partial charge on any atom is 0.306 e. The molecule has 0 aromatic heterocycles. The number of aliphatic hydroxyl groups excluding tert-OH is 5. The van der Waals surface area contributed by atoms with Gasteiger partial charge in [-0.15, -0.1) is 0 Å². The van der Waals surface area contributed by atoms with Crippen LogP contribution in [0.3, 0.4) is 0 Å². The lowest BCUT2D eigenvalue weighted by Crippen LogP contribution is -2.61. The van der Waals surface area contributed by atoms with Gasteiger partial charge in [0.15, 0.2) is 12.4 Å². The van der Waals surface area contributed by atoms with E-state index in [2.05, 4.69) is 26.1 Å². The molecule has 0 saturated carbocycles. The number of nitrogens with one attached hydrogen (secondary N) is 1. The van der Waals surface area contributed by atoms with Crippen molar-refractivity contribution in [2.24, 2.45) is 0 Å². The molecule has 1 heterocycles. The molecule has 6 N–H and O–H groups in total. The van der Waals surface area contributed by atoms with Crippen molar-refractivity contribution < 1.29 is 49.3 Å². The van der Waals surface area contributed by atoms with E-state index < -0.39 is 67.4 Å². The van der Waals surface area contributed by atoms with Gasteiger partial charge < -0.3 is 45.1 Å². The first-order chi connectivity index (χ1) is 43.7. The highest BCUT2D eigenvalue weighted by atomic mass is 16.7. The molecule has 1 amide bonds. The Bertz CT molecular complexity index is 1500. The van der Waals surface area contributed by atoms with Crippen LogP contribution in [0, 0.1) is 0 Å². The smallest absolute Gasteiger partial charge is 0.306 e. The van der Waals surface area contributed by atoms with Crippen molar-refractivity contribution in [2.45, 2.75) is 461 Å². The third-order valence-electron chi connectivity index (χ3n) is 19.2. The predicted molar refractivity (Wildman–Crippen MR) is 375 cm³/mol. The van der Waals surface area contributed by atoms with Crippen LogP contribution in [0.2, 0.25) is 0 Å². The van der Waals surface area contributed by atoms with Crippen molar-refractivity contribution in [3.8, 4) is 0 Å². The summed E-state index contributed by atoms with van der Waals surface area (Å²) < 4.78 is 17.7. The van der Waals surface area contributed by atoms with E-state index in [9.17, 15) is 35.1 Å². The Hall–Kier alpha value is -1.60. The minimum absolute atomic E-state index is 0.132. The highest BCUT2D eigenvalue weighted by Gasteiger charge is 2.47. The van der Waals surface area contributed by atoms with E-state index in [1.54, 1.807) is 6.08 Å². The van der Waals surface area contributed by atoms with E-state index in [1.165, 1.54) is 308 Å². The van der Waals surface area contributed by atoms with Crippen LogP contribution in [0.4, 0.5) is 0 Å². The average molecular weight is 1260 g/mol. The number of hydrogen-bond acceptors (Lipinski definition) is 10. The lowest BCUT2D eigenvalue weighted by Gasteiger charge is -2.41. The Morgan fingerprint density at radius 2 is 0.730 bits per heavy atom. The topological polar surface area (TPSA) is 175 Å². The quantitative estimate of drug-likeness (QED) is 0.0195. The Labute approximate surface area is 550 Å². The zero-order valence-electron chi connectivity index (χ0n) is 59.1. The summed E-state index contributed by atoms with van der Waals surface area (Å²) in [7, 11) is 0. The van der Waals surface area contributed by atoms with E-state index in [-0.39, 0.29) is 13.0 Å². The van der Waals surface area contributed by atoms with Gasteiger partial charge in [0.2, 0.25) is 5.91 Å². The van der Waals surface area contributed by atoms with Crippen LogP contribution in [0.1, 0.15) is 412 Å². The Morgan fingerprint density at radius 3 is 1.06 bits per heavy atom. The van der Waals surface area contributed by atoms with Crippen molar-refractivity contribution in [1.82, 2.24) is 5.32 Å². The summed E-state index contributed by atoms with van der Waals surface area (Å²) >= 11 is 0. The summed E-state index contributed by atoms with van der Waals surface area (Å²) in [5, 5.41) is 57.3. The number of esters is 1. The number of hydrogen-bond donors (Lipinski definition) is 6. The normalized spacial score (nSPS) is 18.0. The van der Waals surface area contributed by atoms with Gasteiger partial charge in [-0.05, 0) is 25.7 Å². The zero-order chi connectivity index (χ0) is 64.6. The third kappa shape index (κ3) is 53.4. The van der Waals surface area contributed by atoms with Gasteiger partial charge in [-0.1, -0.05) is 392 Å². The van der Waals surface area contributed by atoms with E-state index >= 15 is 0 Å². The number of amides is 1. The van der Waals surface area contributed by atoms with Gasteiger partial charge in [-0.25, -0.2) is 0 Å². The number of aliphatic hydroxyl groups is 5. The first-order valence-electron chi connectivity index (χ1n) is 39.5. The SMILES string of the molecule is CCCCCCCCCCC/C=C/C(O)C(COC1OC(CO)C(O)C(O)C1OC(=O)CCCCCCCCCCCCCCCCCCCCCCCCCCCCC)NC(=O)C(O)CCCCCCCCCCCCCCCCCCCCCCCC. The molecule has 1 fully saturated rings. The lowest BCUT2D eigenvalue weighted by atomic mass is 9.99. The maximum atomic E-state index is 13.5. The summed E-state index contributed by atoms with van der Waals surface area (Å²) in [4.78, 5) is 26.7. The van der Waals surface area contributed by atoms with Gasteiger partial charge in [-0.3, -0.25) is 9.59 Å². The second-order valence-electron chi connectivity index (χ2n) is 27.8. The van der Waals surface area contributed by atoms with E-state index in [4.69, 9.17) is 14.2 Å². The molecule has 1 aliphatic rings. The summed E-state index contributed by atoms with van der Waals surface area (Å²) in [6.07, 6.45) is 70.0. The molecular formula is C78H151NO10. The number of allylic oxidation sites excluding steroid dienone is 1. The number of rotatable bonds is 70. The van der Waals surface area contributed by atoms with Crippen LogP contribution < -0.4 is 5.32 Å². The first-order valence-corrected chi connectivity index (χ1v) is 39.5. The number of unbranched alkanes of at least 4 members (excludes halogenated alkanes) is 56. The zero-order valence-corrected chi connectivity index (χ0v) is 59.1. The molecule has 0 aromatic carbocycles. The number of carbonyl (C=O) groups is 2. The lowest BCUT2D eigenvalue weighted by molar-refractivity contribution is -0.305. The van der Waals surface area contributed by atoms with Crippen LogP contribution in [-0.4, -0.2) is 99.6 Å². The van der Waals surface area contributed by atoms with Crippen molar-refractivity contribution in [1.29, 1.82) is 0 Å². The molecule has 8 unspecified atom stereocenters. The molecule has 0 aliphatic carbocycles. The molecular weight excluding hydrogens is 1110 g/mol. The predicted octanol–water partition coefficient (Wildman–Crippen LogP) is 21.0. The summed E-state index contributed by atoms with van der Waals surface area (Å²) in [6.45, 7) is 5.87. The Morgan fingerprint density at radius 1 is 0.427 bits per heavy atom. The van der Waals surface area contributed by atoms with Crippen LogP contribution in [0.25, 0.3) is 0 Å². The fraction of sp³-hybridized carbons (Fsp3) is 0.949. The third-order valence-corrected chi connectivity index (χ3v) is 19.2. The Balaban J connectivity index is 2.46.